The number of unbranched alkanes of at least 4 members (excludes halogenated alkanes) is 15. The lowest BCUT2D eigenvalue weighted by Crippen LogP contribution is -2.10. The van der Waals surface area contributed by atoms with Crippen molar-refractivity contribution < 1.29 is 5.11 Å². The Balaban J connectivity index is 1.30. The standard InChI is InChI=1S/C32H48N2O/c1-2-3-4-5-6-7-8-9-10-11-12-13-14-15-16-22-27-34-30-26-21-20-25-29(30)33-32(34)31(35)28-23-18-17-19-24-28/h17-21,23-26,31,35H,2-16,22,27H2,1H3. The van der Waals surface area contributed by atoms with Crippen molar-refractivity contribution in [2.45, 2.75) is 122 Å². The van der Waals surface area contributed by atoms with Crippen LogP contribution in [0.4, 0.5) is 0 Å². The minimum absolute atomic E-state index is 0.690. The first-order chi connectivity index (χ1) is 17.3. The minimum Gasteiger partial charge on any atom is -0.380 e. The molecule has 1 N–H and O–H groups in total. The summed E-state index contributed by atoms with van der Waals surface area (Å²) in [6.45, 7) is 3.20. The number of rotatable bonds is 19. The van der Waals surface area contributed by atoms with Crippen molar-refractivity contribution in [3.05, 3.63) is 66.0 Å². The van der Waals surface area contributed by atoms with Gasteiger partial charge in [0, 0.05) is 6.54 Å². The van der Waals surface area contributed by atoms with E-state index in [4.69, 9.17) is 4.98 Å². The molecule has 192 valence electrons. The van der Waals surface area contributed by atoms with Gasteiger partial charge in [0.2, 0.25) is 0 Å². The molecule has 0 aliphatic rings. The fourth-order valence-electron chi connectivity index (χ4n) is 5.14. The first-order valence-electron chi connectivity index (χ1n) is 14.5. The largest absolute Gasteiger partial charge is 0.380 e. The summed E-state index contributed by atoms with van der Waals surface area (Å²) < 4.78 is 2.23. The van der Waals surface area contributed by atoms with Crippen molar-refractivity contribution in [3.63, 3.8) is 0 Å². The van der Waals surface area contributed by atoms with Crippen LogP contribution in [0.2, 0.25) is 0 Å². The zero-order valence-corrected chi connectivity index (χ0v) is 22.1. The van der Waals surface area contributed by atoms with E-state index in [2.05, 4.69) is 23.6 Å². The van der Waals surface area contributed by atoms with Gasteiger partial charge in [0.25, 0.3) is 0 Å². The predicted molar refractivity (Wildman–Crippen MR) is 150 cm³/mol. The van der Waals surface area contributed by atoms with Crippen molar-refractivity contribution in [1.29, 1.82) is 0 Å². The average Bonchev–Trinajstić information content (AvgIpc) is 3.27. The van der Waals surface area contributed by atoms with Crippen molar-refractivity contribution >= 4 is 11.0 Å². The van der Waals surface area contributed by atoms with Crippen LogP contribution in [0.1, 0.15) is 127 Å². The van der Waals surface area contributed by atoms with E-state index in [1.165, 1.54) is 96.3 Å². The Morgan fingerprint density at radius 1 is 0.629 bits per heavy atom. The van der Waals surface area contributed by atoms with Gasteiger partial charge in [0.05, 0.1) is 11.0 Å². The molecule has 1 aromatic heterocycles. The third-order valence-electron chi connectivity index (χ3n) is 7.28. The Kier molecular flexibility index (Phi) is 13.0. The summed E-state index contributed by atoms with van der Waals surface area (Å²) >= 11 is 0. The molecule has 3 aromatic rings. The third kappa shape index (κ3) is 9.44. The van der Waals surface area contributed by atoms with Gasteiger partial charge in [-0.1, -0.05) is 146 Å². The highest BCUT2D eigenvalue weighted by Gasteiger charge is 2.19. The number of aliphatic hydroxyl groups excluding tert-OH is 1. The Hall–Kier alpha value is -2.13. The van der Waals surface area contributed by atoms with Gasteiger partial charge in [0.1, 0.15) is 11.9 Å². The lowest BCUT2D eigenvalue weighted by atomic mass is 10.0. The fraction of sp³-hybridized carbons (Fsp3) is 0.594. The van der Waals surface area contributed by atoms with Crippen LogP contribution in [0.15, 0.2) is 54.6 Å². The summed E-state index contributed by atoms with van der Waals surface area (Å²) in [5.74, 6) is 0.762. The maximum absolute atomic E-state index is 11.0. The number of aromatic nitrogens is 2. The number of nitrogens with zero attached hydrogens (tertiary/aromatic N) is 2. The highest BCUT2D eigenvalue weighted by atomic mass is 16.3. The van der Waals surface area contributed by atoms with E-state index in [1.54, 1.807) is 0 Å². The van der Waals surface area contributed by atoms with Gasteiger partial charge in [-0.25, -0.2) is 4.98 Å². The van der Waals surface area contributed by atoms with Crippen LogP contribution in [-0.4, -0.2) is 14.7 Å². The summed E-state index contributed by atoms with van der Waals surface area (Å²) in [7, 11) is 0. The third-order valence-corrected chi connectivity index (χ3v) is 7.28. The zero-order valence-electron chi connectivity index (χ0n) is 22.1. The lowest BCUT2D eigenvalue weighted by Gasteiger charge is -2.14. The molecule has 3 heteroatoms. The molecular weight excluding hydrogens is 428 g/mol. The molecule has 0 radical (unpaired) electrons. The normalized spacial score (nSPS) is 12.4. The molecule has 0 saturated carbocycles. The summed E-state index contributed by atoms with van der Waals surface area (Å²) in [5, 5.41) is 11.0. The Labute approximate surface area is 214 Å². The Morgan fingerprint density at radius 2 is 1.11 bits per heavy atom. The first-order valence-corrected chi connectivity index (χ1v) is 14.5. The van der Waals surface area contributed by atoms with Crippen molar-refractivity contribution in [3.8, 4) is 0 Å². The summed E-state index contributed by atoms with van der Waals surface area (Å²) in [6.07, 6.45) is 21.4. The molecule has 1 unspecified atom stereocenters. The molecule has 0 spiro atoms. The maximum Gasteiger partial charge on any atom is 0.143 e. The molecule has 1 heterocycles. The monoisotopic (exact) mass is 476 g/mol. The summed E-state index contributed by atoms with van der Waals surface area (Å²) in [5.41, 5.74) is 2.99. The molecule has 0 aliphatic heterocycles. The molecule has 1 atom stereocenters. The van der Waals surface area contributed by atoms with Gasteiger partial charge < -0.3 is 9.67 Å². The number of imidazole rings is 1. The number of benzene rings is 2. The van der Waals surface area contributed by atoms with Gasteiger partial charge in [-0.3, -0.25) is 0 Å². The number of aryl methyl sites for hydroxylation is 1. The van der Waals surface area contributed by atoms with E-state index < -0.39 is 6.10 Å². The van der Waals surface area contributed by atoms with Crippen LogP contribution in [0.25, 0.3) is 11.0 Å². The van der Waals surface area contributed by atoms with Crippen LogP contribution >= 0.6 is 0 Å². The SMILES string of the molecule is CCCCCCCCCCCCCCCCCCn1c(C(O)c2ccccc2)nc2ccccc21. The van der Waals surface area contributed by atoms with Gasteiger partial charge in [-0.15, -0.1) is 0 Å². The number of aliphatic hydroxyl groups is 1. The highest BCUT2D eigenvalue weighted by molar-refractivity contribution is 5.76. The number of para-hydroxylation sites is 2. The maximum atomic E-state index is 11.0. The van der Waals surface area contributed by atoms with E-state index in [0.29, 0.717) is 0 Å². The first kappa shape index (κ1) is 27.5. The Morgan fingerprint density at radius 3 is 1.69 bits per heavy atom. The molecule has 3 rings (SSSR count). The van der Waals surface area contributed by atoms with Crippen LogP contribution in [0.5, 0.6) is 0 Å². The molecule has 0 saturated heterocycles. The van der Waals surface area contributed by atoms with Crippen LogP contribution < -0.4 is 0 Å². The summed E-state index contributed by atoms with van der Waals surface area (Å²) in [4.78, 5) is 4.79. The number of hydrogen-bond acceptors (Lipinski definition) is 2. The molecule has 3 nitrogen and oxygen atoms in total. The molecule has 35 heavy (non-hydrogen) atoms. The van der Waals surface area contributed by atoms with Gasteiger partial charge in [-0.2, -0.15) is 0 Å². The minimum atomic E-state index is -0.690. The number of hydrogen-bond donors (Lipinski definition) is 1. The van der Waals surface area contributed by atoms with Gasteiger partial charge in [-0.05, 0) is 24.1 Å². The second-order valence-corrected chi connectivity index (χ2v) is 10.2. The Bertz CT molecular complexity index is 933. The van der Waals surface area contributed by atoms with Gasteiger partial charge in [0.15, 0.2) is 0 Å². The highest BCUT2D eigenvalue weighted by Crippen LogP contribution is 2.26. The van der Waals surface area contributed by atoms with E-state index >= 15 is 0 Å². The molecule has 0 fully saturated rings. The smallest absolute Gasteiger partial charge is 0.143 e. The topological polar surface area (TPSA) is 38.0 Å². The van der Waals surface area contributed by atoms with E-state index in [-0.39, 0.29) is 0 Å². The van der Waals surface area contributed by atoms with E-state index in [0.717, 1.165) is 35.4 Å². The van der Waals surface area contributed by atoms with Crippen molar-refractivity contribution in [1.82, 2.24) is 9.55 Å². The second kappa shape index (κ2) is 16.5. The molecule has 0 aliphatic carbocycles. The van der Waals surface area contributed by atoms with Crippen LogP contribution in [0, 0.1) is 0 Å². The fourth-order valence-corrected chi connectivity index (χ4v) is 5.14. The van der Waals surface area contributed by atoms with Crippen molar-refractivity contribution in [2.24, 2.45) is 0 Å². The lowest BCUT2D eigenvalue weighted by molar-refractivity contribution is 0.204. The molecular formula is C32H48N2O. The average molecular weight is 477 g/mol. The predicted octanol–water partition coefficient (Wildman–Crippen LogP) is 9.38. The van der Waals surface area contributed by atoms with Crippen LogP contribution in [0.3, 0.4) is 0 Å². The molecule has 2 aromatic carbocycles. The van der Waals surface area contributed by atoms with Crippen LogP contribution in [-0.2, 0) is 6.54 Å². The van der Waals surface area contributed by atoms with Crippen molar-refractivity contribution in [2.75, 3.05) is 0 Å². The zero-order chi connectivity index (χ0) is 24.6. The van der Waals surface area contributed by atoms with E-state index in [1.807, 2.05) is 42.5 Å². The molecule has 0 bridgehead atoms. The molecule has 0 amide bonds. The summed E-state index contributed by atoms with van der Waals surface area (Å²) in [6, 6.07) is 18.1. The second-order valence-electron chi connectivity index (χ2n) is 10.2. The quantitative estimate of drug-likeness (QED) is 0.175. The van der Waals surface area contributed by atoms with Gasteiger partial charge >= 0.3 is 0 Å². The number of fused-ring (bicyclic) bond motifs is 1. The van der Waals surface area contributed by atoms with E-state index in [9.17, 15) is 5.11 Å².